The third kappa shape index (κ3) is 52.5. The summed E-state index contributed by atoms with van der Waals surface area (Å²) in [6, 6.07) is 0. The fourth-order valence-corrected chi connectivity index (χ4v) is 4.94. The lowest BCUT2D eigenvalue weighted by Gasteiger charge is -2.19. The normalized spacial score (nSPS) is 11.7. The van der Waals surface area contributed by atoms with E-state index in [0.29, 0.717) is 165 Å². The monoisotopic (exact) mass is 857 g/mol. The summed E-state index contributed by atoms with van der Waals surface area (Å²) in [6.45, 7) is 19.2. The maximum atomic E-state index is 11.8. The van der Waals surface area contributed by atoms with Crippen LogP contribution in [0.5, 0.6) is 0 Å². The van der Waals surface area contributed by atoms with Crippen molar-refractivity contribution in [2.45, 2.75) is 104 Å². The number of hydrogen-bond acceptors (Lipinski definition) is 16. The summed E-state index contributed by atoms with van der Waals surface area (Å²) in [5.41, 5.74) is -0.478. The van der Waals surface area contributed by atoms with Gasteiger partial charge in [0.1, 0.15) is 12.2 Å². The van der Waals surface area contributed by atoms with Crippen molar-refractivity contribution in [3.05, 3.63) is 0 Å². The molecule has 0 saturated carbocycles. The minimum absolute atomic E-state index is 0.141. The Morgan fingerprint density at radius 1 is 0.305 bits per heavy atom. The Morgan fingerprint density at radius 2 is 0.559 bits per heavy atom. The quantitative estimate of drug-likeness (QED) is 0.0566. The van der Waals surface area contributed by atoms with Crippen LogP contribution < -0.4 is 0 Å². The van der Waals surface area contributed by atoms with Crippen molar-refractivity contribution >= 4 is 11.9 Å². The molecule has 0 atom stereocenters. The average Bonchev–Trinajstić information content (AvgIpc) is 3.20. The Bertz CT molecular complexity index is 860. The summed E-state index contributed by atoms with van der Waals surface area (Å²) in [5.74, 6) is -0.409. The van der Waals surface area contributed by atoms with Crippen molar-refractivity contribution in [2.24, 2.45) is 0 Å². The summed E-state index contributed by atoms with van der Waals surface area (Å²) in [5, 5.41) is 0. The Morgan fingerprint density at radius 3 is 0.847 bits per heavy atom. The smallest absolute Gasteiger partial charge is 0.308 e. The van der Waals surface area contributed by atoms with Gasteiger partial charge in [-0.2, -0.15) is 0 Å². The number of esters is 2. The molecule has 0 aromatic rings. The second kappa shape index (κ2) is 47.5. The molecule has 0 heterocycles. The maximum Gasteiger partial charge on any atom is 0.308 e. The van der Waals surface area contributed by atoms with Crippen LogP contribution in [0, 0.1) is 0 Å². The SMILES string of the molecule is CCCCCCCCCCCC(=O)OCCOCCOCCOCCOCCOCCOCCOCCOCCOCCOCCOCCOCCC(=O)OC(C)(C)C. The van der Waals surface area contributed by atoms with Crippen LogP contribution in [-0.2, 0) is 75.9 Å². The maximum absolute atomic E-state index is 11.8. The minimum Gasteiger partial charge on any atom is -0.463 e. The second-order valence-corrected chi connectivity index (χ2v) is 14.5. The zero-order valence-electron chi connectivity index (χ0n) is 37.5. The third-order valence-electron chi connectivity index (χ3n) is 7.94. The summed E-state index contributed by atoms with van der Waals surface area (Å²) in [4.78, 5) is 23.4. The van der Waals surface area contributed by atoms with Gasteiger partial charge in [0.25, 0.3) is 0 Å². The first kappa shape index (κ1) is 57.5. The van der Waals surface area contributed by atoms with Gasteiger partial charge in [0.05, 0.1) is 165 Å². The zero-order chi connectivity index (χ0) is 43.0. The van der Waals surface area contributed by atoms with Crippen molar-refractivity contribution in [3.63, 3.8) is 0 Å². The highest BCUT2D eigenvalue weighted by atomic mass is 16.6. The molecular weight excluding hydrogens is 772 g/mol. The van der Waals surface area contributed by atoms with Crippen molar-refractivity contribution in [3.8, 4) is 0 Å². The number of carbonyl (C=O) groups is 2. The summed E-state index contributed by atoms with van der Waals surface area (Å²) in [6.07, 6.45) is 11.8. The molecule has 0 fully saturated rings. The van der Waals surface area contributed by atoms with Gasteiger partial charge in [-0.1, -0.05) is 58.3 Å². The molecule has 0 aliphatic carbocycles. The molecule has 0 saturated heterocycles. The number of hydrogen-bond donors (Lipinski definition) is 0. The first-order valence-electron chi connectivity index (χ1n) is 22.2. The molecule has 352 valence electrons. The predicted octanol–water partition coefficient (Wildman–Crippen LogP) is 5.38. The van der Waals surface area contributed by atoms with Crippen LogP contribution in [-0.4, -0.2) is 183 Å². The van der Waals surface area contributed by atoms with Gasteiger partial charge < -0.3 is 66.3 Å². The Kier molecular flexibility index (Phi) is 46.3. The molecule has 0 bridgehead atoms. The van der Waals surface area contributed by atoms with E-state index in [2.05, 4.69) is 6.92 Å². The molecule has 0 aromatic carbocycles. The van der Waals surface area contributed by atoms with Gasteiger partial charge in [0.2, 0.25) is 0 Å². The summed E-state index contributed by atoms with van der Waals surface area (Å²) in [7, 11) is 0. The van der Waals surface area contributed by atoms with E-state index in [1.54, 1.807) is 0 Å². The highest BCUT2D eigenvalue weighted by Crippen LogP contribution is 2.11. The highest BCUT2D eigenvalue weighted by Gasteiger charge is 2.15. The standard InChI is InChI=1S/C43H84O16/c1-5-6-7-8-9-10-11-12-13-14-41(44)58-40-39-57-38-37-56-36-35-55-34-33-54-32-31-53-30-29-52-28-27-51-26-25-50-24-23-49-22-21-48-20-19-47-18-17-46-16-15-42(45)59-43(2,3)4/h5-40H2,1-4H3. The van der Waals surface area contributed by atoms with Crippen LogP contribution in [0.3, 0.4) is 0 Å². The van der Waals surface area contributed by atoms with E-state index in [1.807, 2.05) is 20.8 Å². The van der Waals surface area contributed by atoms with E-state index < -0.39 is 5.60 Å². The molecule has 0 aliphatic rings. The number of carbonyl (C=O) groups excluding carboxylic acids is 2. The predicted molar refractivity (Wildman–Crippen MR) is 223 cm³/mol. The summed E-state index contributed by atoms with van der Waals surface area (Å²) >= 11 is 0. The zero-order valence-corrected chi connectivity index (χ0v) is 37.5. The van der Waals surface area contributed by atoms with Gasteiger partial charge in [0, 0.05) is 6.42 Å². The Balaban J connectivity index is 3.14. The van der Waals surface area contributed by atoms with Crippen LogP contribution in [0.2, 0.25) is 0 Å². The molecule has 0 aliphatic heterocycles. The van der Waals surface area contributed by atoms with E-state index in [4.69, 9.17) is 66.3 Å². The lowest BCUT2D eigenvalue weighted by molar-refractivity contribution is -0.156. The third-order valence-corrected chi connectivity index (χ3v) is 7.94. The highest BCUT2D eigenvalue weighted by molar-refractivity contribution is 5.70. The Labute approximate surface area is 356 Å². The first-order chi connectivity index (χ1) is 28.8. The molecule has 59 heavy (non-hydrogen) atoms. The average molecular weight is 857 g/mol. The van der Waals surface area contributed by atoms with Gasteiger partial charge in [-0.25, -0.2) is 0 Å². The lowest BCUT2D eigenvalue weighted by Crippen LogP contribution is -2.24. The van der Waals surface area contributed by atoms with Crippen LogP contribution in [0.4, 0.5) is 0 Å². The van der Waals surface area contributed by atoms with Gasteiger partial charge in [0.15, 0.2) is 0 Å². The van der Waals surface area contributed by atoms with Gasteiger partial charge >= 0.3 is 11.9 Å². The van der Waals surface area contributed by atoms with Crippen LogP contribution >= 0.6 is 0 Å². The van der Waals surface area contributed by atoms with Gasteiger partial charge in [-0.15, -0.1) is 0 Å². The second-order valence-electron chi connectivity index (χ2n) is 14.5. The number of ether oxygens (including phenoxy) is 14. The van der Waals surface area contributed by atoms with Crippen LogP contribution in [0.25, 0.3) is 0 Å². The van der Waals surface area contributed by atoms with E-state index in [0.717, 1.165) is 12.8 Å². The van der Waals surface area contributed by atoms with E-state index >= 15 is 0 Å². The molecule has 0 aromatic heterocycles. The molecule has 16 heteroatoms. The van der Waals surface area contributed by atoms with E-state index in [1.165, 1.54) is 44.9 Å². The van der Waals surface area contributed by atoms with Crippen molar-refractivity contribution in [2.75, 3.05) is 165 Å². The molecule has 0 spiro atoms. The van der Waals surface area contributed by atoms with Crippen molar-refractivity contribution < 1.29 is 75.9 Å². The molecule has 0 unspecified atom stereocenters. The van der Waals surface area contributed by atoms with Crippen LogP contribution in [0.15, 0.2) is 0 Å². The lowest BCUT2D eigenvalue weighted by atomic mass is 10.1. The van der Waals surface area contributed by atoms with Crippen molar-refractivity contribution in [1.29, 1.82) is 0 Å². The van der Waals surface area contributed by atoms with E-state index in [-0.39, 0.29) is 25.0 Å². The Hall–Kier alpha value is -1.54. The van der Waals surface area contributed by atoms with Gasteiger partial charge in [-0.05, 0) is 27.2 Å². The fraction of sp³-hybridized carbons (Fsp3) is 0.953. The largest absolute Gasteiger partial charge is 0.463 e. The van der Waals surface area contributed by atoms with Crippen LogP contribution in [0.1, 0.15) is 98.3 Å². The molecule has 16 nitrogen and oxygen atoms in total. The molecule has 0 radical (unpaired) electrons. The number of unbranched alkanes of at least 4 members (excludes halogenated alkanes) is 8. The molecule has 0 amide bonds. The summed E-state index contributed by atoms with van der Waals surface area (Å²) < 4.78 is 76.1. The molecule has 0 rings (SSSR count). The number of rotatable bonds is 49. The van der Waals surface area contributed by atoms with Gasteiger partial charge in [-0.3, -0.25) is 9.59 Å². The fourth-order valence-electron chi connectivity index (χ4n) is 4.94. The minimum atomic E-state index is -0.478. The molecule has 0 N–H and O–H groups in total. The van der Waals surface area contributed by atoms with Crippen molar-refractivity contribution in [1.82, 2.24) is 0 Å². The topological polar surface area (TPSA) is 163 Å². The molecular formula is C43H84O16. The first-order valence-corrected chi connectivity index (χ1v) is 22.2. The van der Waals surface area contributed by atoms with E-state index in [9.17, 15) is 9.59 Å².